The molecule has 2 aliphatic rings. The summed E-state index contributed by atoms with van der Waals surface area (Å²) in [5.74, 6) is 0.0748. The van der Waals surface area contributed by atoms with Crippen LogP contribution in [0.3, 0.4) is 0 Å². The molecule has 1 heterocycles. The Labute approximate surface area is 136 Å². The van der Waals surface area contributed by atoms with Crippen molar-refractivity contribution in [3.63, 3.8) is 0 Å². The molecule has 1 aromatic carbocycles. The number of ether oxygens (including phenoxy) is 1. The molecule has 1 saturated heterocycles. The van der Waals surface area contributed by atoms with Gasteiger partial charge in [-0.25, -0.2) is 0 Å². The van der Waals surface area contributed by atoms with Crippen molar-refractivity contribution in [3.05, 3.63) is 34.3 Å². The molecular weight excluding hydrogens is 311 g/mol. The highest BCUT2D eigenvalue weighted by Gasteiger charge is 2.26. The summed E-state index contributed by atoms with van der Waals surface area (Å²) in [5, 5.41) is 7.22. The third kappa shape index (κ3) is 3.89. The Morgan fingerprint density at radius 1 is 1.48 bits per heavy atom. The molecule has 2 atom stereocenters. The molecule has 2 N–H and O–H groups in total. The van der Waals surface area contributed by atoms with Crippen LogP contribution in [0.25, 0.3) is 0 Å². The van der Waals surface area contributed by atoms with E-state index >= 15 is 0 Å². The average Bonchev–Trinajstić information content (AvgIpc) is 2.84. The summed E-state index contributed by atoms with van der Waals surface area (Å²) in [6.07, 6.45) is 2.33. The van der Waals surface area contributed by atoms with Gasteiger partial charge in [-0.05, 0) is 30.0 Å². The zero-order valence-corrected chi connectivity index (χ0v) is 13.3. The Morgan fingerprint density at radius 2 is 2.33 bits per heavy atom. The SMILES string of the molecule is Cl.O=C(CC1COCCN1)NC1CCc2c(Cl)cccc21. The highest BCUT2D eigenvalue weighted by Crippen LogP contribution is 2.35. The van der Waals surface area contributed by atoms with E-state index in [1.807, 2.05) is 12.1 Å². The maximum atomic E-state index is 12.1. The third-order valence-corrected chi connectivity index (χ3v) is 4.33. The van der Waals surface area contributed by atoms with E-state index in [1.165, 1.54) is 11.1 Å². The van der Waals surface area contributed by atoms with Crippen molar-refractivity contribution in [2.24, 2.45) is 0 Å². The highest BCUT2D eigenvalue weighted by molar-refractivity contribution is 6.31. The molecule has 2 unspecified atom stereocenters. The number of halogens is 2. The van der Waals surface area contributed by atoms with Gasteiger partial charge in [0.2, 0.25) is 5.91 Å². The smallest absolute Gasteiger partial charge is 0.222 e. The van der Waals surface area contributed by atoms with Crippen LogP contribution in [0.2, 0.25) is 5.02 Å². The van der Waals surface area contributed by atoms with Crippen LogP contribution >= 0.6 is 24.0 Å². The number of fused-ring (bicyclic) bond motifs is 1. The first-order valence-electron chi connectivity index (χ1n) is 7.12. The Hall–Kier alpha value is -0.810. The van der Waals surface area contributed by atoms with Crippen LogP contribution in [0.15, 0.2) is 18.2 Å². The van der Waals surface area contributed by atoms with Crippen LogP contribution in [-0.2, 0) is 16.0 Å². The number of amides is 1. The fourth-order valence-electron chi connectivity index (χ4n) is 2.99. The van der Waals surface area contributed by atoms with Crippen LogP contribution in [0.4, 0.5) is 0 Å². The fourth-order valence-corrected chi connectivity index (χ4v) is 3.26. The second-order valence-corrected chi connectivity index (χ2v) is 5.80. The molecule has 3 rings (SSSR count). The average molecular weight is 331 g/mol. The molecule has 0 spiro atoms. The lowest BCUT2D eigenvalue weighted by atomic mass is 10.1. The van der Waals surface area contributed by atoms with Crippen LogP contribution in [0, 0.1) is 0 Å². The molecule has 1 amide bonds. The predicted molar refractivity (Wildman–Crippen MR) is 85.1 cm³/mol. The maximum Gasteiger partial charge on any atom is 0.222 e. The number of morpholine rings is 1. The minimum atomic E-state index is 0. The Balaban J connectivity index is 0.00000161. The second kappa shape index (κ2) is 7.45. The summed E-state index contributed by atoms with van der Waals surface area (Å²) in [7, 11) is 0. The van der Waals surface area contributed by atoms with Crippen molar-refractivity contribution >= 4 is 29.9 Å². The maximum absolute atomic E-state index is 12.1. The first kappa shape index (κ1) is 16.6. The van der Waals surface area contributed by atoms with E-state index in [1.54, 1.807) is 0 Å². The van der Waals surface area contributed by atoms with E-state index in [0.717, 1.165) is 31.0 Å². The van der Waals surface area contributed by atoms with Crippen molar-refractivity contribution in [2.45, 2.75) is 31.3 Å². The number of hydrogen-bond acceptors (Lipinski definition) is 3. The van der Waals surface area contributed by atoms with Crippen molar-refractivity contribution in [1.82, 2.24) is 10.6 Å². The van der Waals surface area contributed by atoms with Gasteiger partial charge in [0.15, 0.2) is 0 Å². The molecule has 21 heavy (non-hydrogen) atoms. The summed E-state index contributed by atoms with van der Waals surface area (Å²) in [5.41, 5.74) is 2.34. The van der Waals surface area contributed by atoms with E-state index in [-0.39, 0.29) is 30.4 Å². The van der Waals surface area contributed by atoms with Crippen LogP contribution < -0.4 is 10.6 Å². The lowest BCUT2D eigenvalue weighted by molar-refractivity contribution is -0.123. The first-order chi connectivity index (χ1) is 9.74. The summed E-state index contributed by atoms with van der Waals surface area (Å²) in [6, 6.07) is 6.14. The number of carbonyl (C=O) groups is 1. The summed E-state index contributed by atoms with van der Waals surface area (Å²) in [4.78, 5) is 12.1. The van der Waals surface area contributed by atoms with Gasteiger partial charge in [0.05, 0.1) is 19.3 Å². The number of benzene rings is 1. The molecule has 0 aromatic heterocycles. The second-order valence-electron chi connectivity index (χ2n) is 5.40. The normalized spacial score (nSPS) is 24.0. The molecule has 116 valence electrons. The molecule has 6 heteroatoms. The first-order valence-corrected chi connectivity index (χ1v) is 7.49. The third-order valence-electron chi connectivity index (χ3n) is 3.98. The molecule has 0 bridgehead atoms. The van der Waals surface area contributed by atoms with Gasteiger partial charge in [0.1, 0.15) is 0 Å². The quantitative estimate of drug-likeness (QED) is 0.893. The van der Waals surface area contributed by atoms with Gasteiger partial charge in [0, 0.05) is 24.0 Å². The topological polar surface area (TPSA) is 50.4 Å². The lowest BCUT2D eigenvalue weighted by Gasteiger charge is -2.24. The summed E-state index contributed by atoms with van der Waals surface area (Å²) >= 11 is 6.19. The minimum absolute atomic E-state index is 0. The zero-order chi connectivity index (χ0) is 13.9. The number of hydrogen-bond donors (Lipinski definition) is 2. The Bertz CT molecular complexity index is 504. The van der Waals surface area contributed by atoms with E-state index in [0.29, 0.717) is 13.0 Å². The van der Waals surface area contributed by atoms with Crippen LogP contribution in [0.1, 0.15) is 30.0 Å². The molecule has 1 aromatic rings. The lowest BCUT2D eigenvalue weighted by Crippen LogP contribution is -2.44. The van der Waals surface area contributed by atoms with Gasteiger partial charge in [-0.1, -0.05) is 23.7 Å². The Morgan fingerprint density at radius 3 is 3.10 bits per heavy atom. The largest absolute Gasteiger partial charge is 0.378 e. The molecule has 0 saturated carbocycles. The van der Waals surface area contributed by atoms with Crippen molar-refractivity contribution in [3.8, 4) is 0 Å². The zero-order valence-electron chi connectivity index (χ0n) is 11.7. The van der Waals surface area contributed by atoms with Gasteiger partial charge >= 0.3 is 0 Å². The standard InChI is InChI=1S/C15H19ClN2O2.ClH/c16-13-3-1-2-12-11(13)4-5-14(12)18-15(19)8-10-9-20-7-6-17-10;/h1-3,10,14,17H,4-9H2,(H,18,19);1H. The van der Waals surface area contributed by atoms with Gasteiger partial charge in [-0.3, -0.25) is 4.79 Å². The number of rotatable bonds is 3. The molecule has 1 aliphatic carbocycles. The van der Waals surface area contributed by atoms with E-state index in [2.05, 4.69) is 16.7 Å². The van der Waals surface area contributed by atoms with Gasteiger partial charge < -0.3 is 15.4 Å². The van der Waals surface area contributed by atoms with Crippen molar-refractivity contribution < 1.29 is 9.53 Å². The summed E-state index contributed by atoms with van der Waals surface area (Å²) in [6.45, 7) is 2.16. The molecule has 1 fully saturated rings. The number of carbonyl (C=O) groups excluding carboxylic acids is 1. The fraction of sp³-hybridized carbons (Fsp3) is 0.533. The molecule has 0 radical (unpaired) electrons. The molecular formula is C15H20Cl2N2O2. The predicted octanol–water partition coefficient (Wildman–Crippen LogP) is 2.24. The van der Waals surface area contributed by atoms with Crippen molar-refractivity contribution in [1.29, 1.82) is 0 Å². The van der Waals surface area contributed by atoms with Crippen LogP contribution in [0.5, 0.6) is 0 Å². The highest BCUT2D eigenvalue weighted by atomic mass is 35.5. The van der Waals surface area contributed by atoms with E-state index in [4.69, 9.17) is 16.3 Å². The van der Waals surface area contributed by atoms with E-state index < -0.39 is 0 Å². The van der Waals surface area contributed by atoms with Gasteiger partial charge in [-0.2, -0.15) is 0 Å². The monoisotopic (exact) mass is 330 g/mol. The summed E-state index contributed by atoms with van der Waals surface area (Å²) < 4.78 is 5.36. The van der Waals surface area contributed by atoms with Gasteiger partial charge in [0.25, 0.3) is 0 Å². The number of nitrogens with one attached hydrogen (secondary N) is 2. The Kier molecular flexibility index (Phi) is 5.88. The minimum Gasteiger partial charge on any atom is -0.378 e. The van der Waals surface area contributed by atoms with Crippen LogP contribution in [-0.4, -0.2) is 31.7 Å². The van der Waals surface area contributed by atoms with E-state index in [9.17, 15) is 4.79 Å². The van der Waals surface area contributed by atoms with Gasteiger partial charge in [-0.15, -0.1) is 12.4 Å². The molecule has 1 aliphatic heterocycles. The van der Waals surface area contributed by atoms with Crippen molar-refractivity contribution in [2.75, 3.05) is 19.8 Å². The molecule has 4 nitrogen and oxygen atoms in total.